The van der Waals surface area contributed by atoms with E-state index in [0.29, 0.717) is 11.6 Å². The van der Waals surface area contributed by atoms with Crippen molar-refractivity contribution in [3.8, 4) is 5.75 Å². The molecule has 0 aliphatic rings. The SMILES string of the molecule is C=CN=C(NC(=O)COc1ccccc1)C(=C)C(C)C. The van der Waals surface area contributed by atoms with Gasteiger partial charge in [-0.3, -0.25) is 4.79 Å². The number of benzene rings is 1. The Hall–Kier alpha value is -2.36. The summed E-state index contributed by atoms with van der Waals surface area (Å²) in [5.74, 6) is 0.976. The van der Waals surface area contributed by atoms with Crippen LogP contribution in [0.4, 0.5) is 0 Å². The lowest BCUT2D eigenvalue weighted by Crippen LogP contribution is -2.36. The second-order valence-electron chi connectivity index (χ2n) is 4.49. The number of nitrogens with zero attached hydrogens (tertiary/aromatic N) is 1. The van der Waals surface area contributed by atoms with Gasteiger partial charge in [0.25, 0.3) is 5.91 Å². The predicted octanol–water partition coefficient (Wildman–Crippen LogP) is 2.94. The summed E-state index contributed by atoms with van der Waals surface area (Å²) in [7, 11) is 0. The molecule has 0 heterocycles. The van der Waals surface area contributed by atoms with Gasteiger partial charge in [0.1, 0.15) is 11.6 Å². The monoisotopic (exact) mass is 272 g/mol. The maximum absolute atomic E-state index is 11.8. The number of aliphatic imine (C=N–C) groups is 1. The smallest absolute Gasteiger partial charge is 0.263 e. The Kier molecular flexibility index (Phi) is 6.23. The summed E-state index contributed by atoms with van der Waals surface area (Å²) >= 11 is 0. The third-order valence-electron chi connectivity index (χ3n) is 2.59. The fourth-order valence-electron chi connectivity index (χ4n) is 1.39. The fourth-order valence-corrected chi connectivity index (χ4v) is 1.39. The molecule has 4 heteroatoms. The minimum absolute atomic E-state index is 0.0778. The van der Waals surface area contributed by atoms with Crippen molar-refractivity contribution >= 4 is 11.7 Å². The maximum Gasteiger partial charge on any atom is 0.263 e. The number of rotatable bonds is 6. The molecular formula is C16H20N2O2. The molecule has 1 aromatic carbocycles. The molecule has 1 N–H and O–H groups in total. The lowest BCUT2D eigenvalue weighted by molar-refractivity contribution is -0.121. The van der Waals surface area contributed by atoms with Crippen LogP contribution >= 0.6 is 0 Å². The number of carbonyl (C=O) groups is 1. The molecule has 1 aromatic rings. The van der Waals surface area contributed by atoms with Crippen molar-refractivity contribution in [1.29, 1.82) is 0 Å². The molecule has 0 unspecified atom stereocenters. The topological polar surface area (TPSA) is 50.7 Å². The highest BCUT2D eigenvalue weighted by molar-refractivity contribution is 6.08. The summed E-state index contributed by atoms with van der Waals surface area (Å²) < 4.78 is 5.36. The Balaban J connectivity index is 2.57. The second-order valence-corrected chi connectivity index (χ2v) is 4.49. The minimum atomic E-state index is -0.281. The van der Waals surface area contributed by atoms with Gasteiger partial charge in [-0.05, 0) is 23.6 Å². The van der Waals surface area contributed by atoms with Crippen molar-refractivity contribution in [2.75, 3.05) is 6.61 Å². The molecule has 106 valence electrons. The summed E-state index contributed by atoms with van der Waals surface area (Å²) in [5, 5.41) is 2.68. The standard InChI is InChI=1S/C16H20N2O2/c1-5-17-16(13(4)12(2)3)18-15(19)11-20-14-9-7-6-8-10-14/h5-10,12H,1,4,11H2,2-3H3,(H,17,18,19). The van der Waals surface area contributed by atoms with Crippen LogP contribution in [0.1, 0.15) is 13.8 Å². The molecule has 0 aliphatic carbocycles. The molecule has 0 aliphatic heterocycles. The minimum Gasteiger partial charge on any atom is -0.484 e. The molecule has 1 amide bonds. The highest BCUT2D eigenvalue weighted by atomic mass is 16.5. The van der Waals surface area contributed by atoms with E-state index in [4.69, 9.17) is 4.74 Å². The van der Waals surface area contributed by atoms with E-state index < -0.39 is 0 Å². The van der Waals surface area contributed by atoms with Crippen LogP contribution in [0.25, 0.3) is 0 Å². The van der Waals surface area contributed by atoms with Crippen LogP contribution in [0.15, 0.2) is 60.3 Å². The Morgan fingerprint density at radius 1 is 1.40 bits per heavy atom. The van der Waals surface area contributed by atoms with Gasteiger partial charge in [0.05, 0.1) is 0 Å². The second kappa shape index (κ2) is 7.94. The van der Waals surface area contributed by atoms with Crippen molar-refractivity contribution in [2.24, 2.45) is 10.9 Å². The van der Waals surface area contributed by atoms with Crippen LogP contribution in [0.2, 0.25) is 0 Å². The third kappa shape index (κ3) is 5.10. The van der Waals surface area contributed by atoms with E-state index in [1.54, 1.807) is 12.1 Å². The molecule has 4 nitrogen and oxygen atoms in total. The molecule has 0 atom stereocenters. The Labute approximate surface area is 119 Å². The predicted molar refractivity (Wildman–Crippen MR) is 81.7 cm³/mol. The molecule has 0 spiro atoms. The molecule has 0 radical (unpaired) electrons. The molecule has 0 aromatic heterocycles. The van der Waals surface area contributed by atoms with Gasteiger partial charge in [0, 0.05) is 6.20 Å². The van der Waals surface area contributed by atoms with Crippen LogP contribution in [0, 0.1) is 5.92 Å². The number of para-hydroxylation sites is 1. The maximum atomic E-state index is 11.8. The first-order valence-electron chi connectivity index (χ1n) is 6.40. The van der Waals surface area contributed by atoms with Crippen LogP contribution < -0.4 is 10.1 Å². The van der Waals surface area contributed by atoms with Crippen molar-refractivity contribution in [2.45, 2.75) is 13.8 Å². The zero-order valence-electron chi connectivity index (χ0n) is 11.9. The van der Waals surface area contributed by atoms with E-state index in [0.717, 1.165) is 5.57 Å². The van der Waals surface area contributed by atoms with Crippen molar-refractivity contribution in [1.82, 2.24) is 5.32 Å². The summed E-state index contributed by atoms with van der Waals surface area (Å²) in [5.41, 5.74) is 0.748. The zero-order chi connectivity index (χ0) is 15.0. The molecular weight excluding hydrogens is 252 g/mol. The summed E-state index contributed by atoms with van der Waals surface area (Å²) in [4.78, 5) is 15.9. The molecule has 0 fully saturated rings. The normalized spacial score (nSPS) is 11.1. The molecule has 20 heavy (non-hydrogen) atoms. The molecule has 0 bridgehead atoms. The van der Waals surface area contributed by atoms with Gasteiger partial charge in [0.15, 0.2) is 6.61 Å². The number of hydrogen-bond acceptors (Lipinski definition) is 3. The van der Waals surface area contributed by atoms with Gasteiger partial charge < -0.3 is 10.1 Å². The molecule has 0 saturated heterocycles. The average molecular weight is 272 g/mol. The van der Waals surface area contributed by atoms with Crippen molar-refractivity contribution in [3.05, 3.63) is 55.3 Å². The van der Waals surface area contributed by atoms with Gasteiger partial charge in [-0.15, -0.1) is 0 Å². The fraction of sp³-hybridized carbons (Fsp3) is 0.250. The van der Waals surface area contributed by atoms with E-state index in [1.807, 2.05) is 32.0 Å². The largest absolute Gasteiger partial charge is 0.484 e. The van der Waals surface area contributed by atoms with E-state index in [2.05, 4.69) is 23.5 Å². The van der Waals surface area contributed by atoms with Gasteiger partial charge in [-0.25, -0.2) is 4.99 Å². The Morgan fingerprint density at radius 3 is 2.60 bits per heavy atom. The van der Waals surface area contributed by atoms with Crippen molar-refractivity contribution in [3.63, 3.8) is 0 Å². The van der Waals surface area contributed by atoms with Crippen LogP contribution in [-0.4, -0.2) is 18.3 Å². The summed E-state index contributed by atoms with van der Waals surface area (Å²) in [6.45, 7) is 11.3. The highest BCUT2D eigenvalue weighted by Gasteiger charge is 2.12. The van der Waals surface area contributed by atoms with E-state index in [1.165, 1.54) is 6.20 Å². The van der Waals surface area contributed by atoms with E-state index >= 15 is 0 Å². The quantitative estimate of drug-likeness (QED) is 0.639. The first-order chi connectivity index (χ1) is 9.54. The van der Waals surface area contributed by atoms with Crippen LogP contribution in [0.5, 0.6) is 5.75 Å². The molecule has 1 rings (SSSR count). The van der Waals surface area contributed by atoms with Crippen LogP contribution in [0.3, 0.4) is 0 Å². The first-order valence-corrected chi connectivity index (χ1v) is 6.40. The van der Waals surface area contributed by atoms with Crippen molar-refractivity contribution < 1.29 is 9.53 Å². The van der Waals surface area contributed by atoms with Crippen LogP contribution in [-0.2, 0) is 4.79 Å². The van der Waals surface area contributed by atoms with Gasteiger partial charge in [-0.2, -0.15) is 0 Å². The molecule has 0 saturated carbocycles. The van der Waals surface area contributed by atoms with Gasteiger partial charge in [0.2, 0.25) is 0 Å². The average Bonchev–Trinajstić information content (AvgIpc) is 2.45. The van der Waals surface area contributed by atoms with Gasteiger partial charge >= 0.3 is 0 Å². The number of amidine groups is 1. The zero-order valence-corrected chi connectivity index (χ0v) is 11.9. The number of amides is 1. The first kappa shape index (κ1) is 15.7. The lowest BCUT2D eigenvalue weighted by Gasteiger charge is -2.14. The number of ether oxygens (including phenoxy) is 1. The highest BCUT2D eigenvalue weighted by Crippen LogP contribution is 2.09. The van der Waals surface area contributed by atoms with Gasteiger partial charge in [-0.1, -0.05) is 45.2 Å². The Morgan fingerprint density at radius 2 is 2.05 bits per heavy atom. The van der Waals surface area contributed by atoms with E-state index in [-0.39, 0.29) is 18.4 Å². The summed E-state index contributed by atoms with van der Waals surface area (Å²) in [6, 6.07) is 9.16. The number of nitrogens with one attached hydrogen (secondary N) is 1. The summed E-state index contributed by atoms with van der Waals surface area (Å²) in [6.07, 6.45) is 1.38. The Bertz CT molecular complexity index is 504. The lowest BCUT2D eigenvalue weighted by atomic mass is 10.0. The number of hydrogen-bond donors (Lipinski definition) is 1. The number of carbonyl (C=O) groups excluding carboxylic acids is 1. The van der Waals surface area contributed by atoms with E-state index in [9.17, 15) is 4.79 Å². The third-order valence-corrected chi connectivity index (χ3v) is 2.59.